The molecule has 2 heteroatoms. The van der Waals surface area contributed by atoms with Gasteiger partial charge in [0.25, 0.3) is 0 Å². The van der Waals surface area contributed by atoms with Gasteiger partial charge in [-0.2, -0.15) is 0 Å². The Morgan fingerprint density at radius 2 is 2.20 bits per heavy atom. The van der Waals surface area contributed by atoms with Crippen LogP contribution in [0.15, 0.2) is 18.2 Å². The number of rotatable bonds is 1. The zero-order valence-electron chi connectivity index (χ0n) is 9.46. The fraction of sp³-hybridized carbons (Fsp3) is 0.538. The highest BCUT2D eigenvalue weighted by Gasteiger charge is 2.21. The first-order chi connectivity index (χ1) is 7.16. The fourth-order valence-electron chi connectivity index (χ4n) is 2.38. The van der Waals surface area contributed by atoms with Crippen molar-refractivity contribution in [2.45, 2.75) is 25.7 Å². The summed E-state index contributed by atoms with van der Waals surface area (Å²) in [6.45, 7) is 4.06. The van der Waals surface area contributed by atoms with Crippen molar-refractivity contribution in [2.75, 3.05) is 20.1 Å². The lowest BCUT2D eigenvalue weighted by Gasteiger charge is -2.30. The second-order valence-corrected chi connectivity index (χ2v) is 4.63. The number of piperidine rings is 1. The molecule has 0 amide bonds. The number of likely N-dealkylation sites (tertiary alicyclic amines) is 1. The molecule has 1 atom stereocenters. The van der Waals surface area contributed by atoms with E-state index in [9.17, 15) is 4.39 Å². The molecule has 1 aliphatic heterocycles. The van der Waals surface area contributed by atoms with Crippen LogP contribution < -0.4 is 0 Å². The summed E-state index contributed by atoms with van der Waals surface area (Å²) in [6.07, 6.45) is 2.29. The number of likely N-dealkylation sites (N-methyl/N-ethyl adjacent to an activating group) is 1. The van der Waals surface area contributed by atoms with Crippen LogP contribution in [0.1, 0.15) is 29.9 Å². The maximum absolute atomic E-state index is 13.7. The molecule has 1 aromatic rings. The Hall–Kier alpha value is -0.890. The molecule has 0 aliphatic carbocycles. The third-order valence-electron chi connectivity index (χ3n) is 3.22. The lowest BCUT2D eigenvalue weighted by atomic mass is 9.90. The Bertz CT molecular complexity index is 348. The molecule has 0 bridgehead atoms. The second-order valence-electron chi connectivity index (χ2n) is 4.63. The van der Waals surface area contributed by atoms with Crippen LogP contribution in [0.4, 0.5) is 4.39 Å². The molecule has 15 heavy (non-hydrogen) atoms. The third kappa shape index (κ3) is 2.37. The summed E-state index contributed by atoms with van der Waals surface area (Å²) in [5.41, 5.74) is 1.90. The highest BCUT2D eigenvalue weighted by molar-refractivity contribution is 5.27. The van der Waals surface area contributed by atoms with Gasteiger partial charge in [0.1, 0.15) is 5.82 Å². The van der Waals surface area contributed by atoms with Gasteiger partial charge in [-0.1, -0.05) is 12.1 Å². The van der Waals surface area contributed by atoms with Gasteiger partial charge in [-0.3, -0.25) is 0 Å². The first-order valence-electron chi connectivity index (χ1n) is 5.61. The number of hydrogen-bond acceptors (Lipinski definition) is 1. The Morgan fingerprint density at radius 3 is 2.87 bits per heavy atom. The first-order valence-corrected chi connectivity index (χ1v) is 5.61. The predicted molar refractivity (Wildman–Crippen MR) is 60.6 cm³/mol. The Balaban J connectivity index is 2.21. The number of nitrogens with zero attached hydrogens (tertiary/aromatic N) is 1. The lowest BCUT2D eigenvalue weighted by Crippen LogP contribution is -2.31. The maximum Gasteiger partial charge on any atom is 0.126 e. The molecule has 82 valence electrons. The molecule has 1 saturated heterocycles. The molecule has 2 rings (SSSR count). The van der Waals surface area contributed by atoms with Crippen molar-refractivity contribution in [3.05, 3.63) is 35.1 Å². The molecule has 0 N–H and O–H groups in total. The fourth-order valence-corrected chi connectivity index (χ4v) is 2.38. The van der Waals surface area contributed by atoms with Gasteiger partial charge in [-0.05, 0) is 56.5 Å². The molecule has 0 saturated carbocycles. The normalized spacial score (nSPS) is 23.0. The first kappa shape index (κ1) is 10.6. The van der Waals surface area contributed by atoms with Crippen molar-refractivity contribution in [3.8, 4) is 0 Å². The van der Waals surface area contributed by atoms with Gasteiger partial charge < -0.3 is 4.90 Å². The van der Waals surface area contributed by atoms with Crippen molar-refractivity contribution >= 4 is 0 Å². The van der Waals surface area contributed by atoms with Gasteiger partial charge >= 0.3 is 0 Å². The minimum Gasteiger partial charge on any atom is -0.306 e. The summed E-state index contributed by atoms with van der Waals surface area (Å²) in [5, 5.41) is 0. The molecule has 0 spiro atoms. The number of halogens is 1. The number of benzene rings is 1. The Morgan fingerprint density at radius 1 is 1.40 bits per heavy atom. The summed E-state index contributed by atoms with van der Waals surface area (Å²) in [7, 11) is 2.11. The van der Waals surface area contributed by atoms with Crippen LogP contribution in [-0.2, 0) is 0 Å². The van der Waals surface area contributed by atoms with E-state index < -0.39 is 0 Å². The van der Waals surface area contributed by atoms with E-state index in [1.54, 1.807) is 6.07 Å². The van der Waals surface area contributed by atoms with Crippen LogP contribution in [0, 0.1) is 12.7 Å². The van der Waals surface area contributed by atoms with Gasteiger partial charge in [0.2, 0.25) is 0 Å². The molecule has 1 unspecified atom stereocenters. The minimum absolute atomic E-state index is 0.0321. The SMILES string of the molecule is Cc1ccc(C2CCCN(C)C2)c(F)c1. The van der Waals surface area contributed by atoms with E-state index in [0.717, 1.165) is 30.6 Å². The average Bonchev–Trinajstić information content (AvgIpc) is 2.17. The van der Waals surface area contributed by atoms with Crippen molar-refractivity contribution in [1.82, 2.24) is 4.90 Å². The second kappa shape index (κ2) is 4.31. The van der Waals surface area contributed by atoms with E-state index in [2.05, 4.69) is 11.9 Å². The molecule has 1 aliphatic rings. The topological polar surface area (TPSA) is 3.24 Å². The van der Waals surface area contributed by atoms with E-state index in [1.165, 1.54) is 6.42 Å². The van der Waals surface area contributed by atoms with Gasteiger partial charge in [0, 0.05) is 6.54 Å². The van der Waals surface area contributed by atoms with Crippen LogP contribution in [0.2, 0.25) is 0 Å². The smallest absolute Gasteiger partial charge is 0.126 e. The van der Waals surface area contributed by atoms with E-state index in [1.807, 2.05) is 19.1 Å². The van der Waals surface area contributed by atoms with Crippen molar-refractivity contribution in [1.29, 1.82) is 0 Å². The van der Waals surface area contributed by atoms with Crippen molar-refractivity contribution < 1.29 is 4.39 Å². The van der Waals surface area contributed by atoms with Crippen LogP contribution in [0.25, 0.3) is 0 Å². The zero-order chi connectivity index (χ0) is 10.8. The summed E-state index contributed by atoms with van der Waals surface area (Å²) in [5.74, 6) is 0.347. The Kier molecular flexibility index (Phi) is 3.06. The maximum atomic E-state index is 13.7. The van der Waals surface area contributed by atoms with Crippen LogP contribution in [0.3, 0.4) is 0 Å². The van der Waals surface area contributed by atoms with Crippen LogP contribution >= 0.6 is 0 Å². The van der Waals surface area contributed by atoms with Crippen molar-refractivity contribution in [3.63, 3.8) is 0 Å². The van der Waals surface area contributed by atoms with Gasteiger partial charge in [0.05, 0.1) is 0 Å². The number of hydrogen-bond donors (Lipinski definition) is 0. The summed E-state index contributed by atoms with van der Waals surface area (Å²) < 4.78 is 13.7. The van der Waals surface area contributed by atoms with Crippen LogP contribution in [-0.4, -0.2) is 25.0 Å². The summed E-state index contributed by atoms with van der Waals surface area (Å²) >= 11 is 0. The van der Waals surface area contributed by atoms with Gasteiger partial charge in [-0.25, -0.2) is 4.39 Å². The van der Waals surface area contributed by atoms with E-state index in [0.29, 0.717) is 5.92 Å². The van der Waals surface area contributed by atoms with Gasteiger partial charge in [-0.15, -0.1) is 0 Å². The van der Waals surface area contributed by atoms with E-state index >= 15 is 0 Å². The number of aryl methyl sites for hydroxylation is 1. The molecule has 1 aromatic carbocycles. The quantitative estimate of drug-likeness (QED) is 0.684. The molecular formula is C13H18FN. The zero-order valence-corrected chi connectivity index (χ0v) is 9.46. The highest BCUT2D eigenvalue weighted by Crippen LogP contribution is 2.28. The largest absolute Gasteiger partial charge is 0.306 e. The molecule has 1 fully saturated rings. The van der Waals surface area contributed by atoms with Crippen LogP contribution in [0.5, 0.6) is 0 Å². The monoisotopic (exact) mass is 207 g/mol. The highest BCUT2D eigenvalue weighted by atomic mass is 19.1. The third-order valence-corrected chi connectivity index (χ3v) is 3.22. The molecule has 1 nitrogen and oxygen atoms in total. The standard InChI is InChI=1S/C13H18FN/c1-10-5-6-12(13(14)8-10)11-4-3-7-15(2)9-11/h5-6,8,11H,3-4,7,9H2,1-2H3. The predicted octanol–water partition coefficient (Wildman–Crippen LogP) is 2.94. The summed E-state index contributed by atoms with van der Waals surface area (Å²) in [4.78, 5) is 2.29. The minimum atomic E-state index is -0.0321. The molecular weight excluding hydrogens is 189 g/mol. The summed E-state index contributed by atoms with van der Waals surface area (Å²) in [6, 6.07) is 5.60. The average molecular weight is 207 g/mol. The van der Waals surface area contributed by atoms with E-state index in [-0.39, 0.29) is 5.82 Å². The molecule has 1 heterocycles. The van der Waals surface area contributed by atoms with E-state index in [4.69, 9.17) is 0 Å². The van der Waals surface area contributed by atoms with Crippen molar-refractivity contribution in [2.24, 2.45) is 0 Å². The lowest BCUT2D eigenvalue weighted by molar-refractivity contribution is 0.248. The molecule has 0 radical (unpaired) electrons. The Labute approximate surface area is 90.9 Å². The van der Waals surface area contributed by atoms with Gasteiger partial charge in [0.15, 0.2) is 0 Å². The molecule has 0 aromatic heterocycles.